The van der Waals surface area contributed by atoms with Gasteiger partial charge in [0.25, 0.3) is 0 Å². The van der Waals surface area contributed by atoms with Crippen LogP contribution in [0, 0.1) is 0 Å². The number of carbonyl (C=O) groups is 1. The zero-order valence-electron chi connectivity index (χ0n) is 10.2. The van der Waals surface area contributed by atoms with Crippen LogP contribution in [0.15, 0.2) is 16.6 Å². The summed E-state index contributed by atoms with van der Waals surface area (Å²) in [6, 6.07) is 3.22. The molecular weight excluding hydrogens is 288 g/mol. The number of halogens is 1. The van der Waals surface area contributed by atoms with Gasteiger partial charge in [-0.25, -0.2) is 4.79 Å². The summed E-state index contributed by atoms with van der Waals surface area (Å²) in [5, 5.41) is 0. The predicted molar refractivity (Wildman–Crippen MR) is 67.8 cm³/mol. The van der Waals surface area contributed by atoms with E-state index in [1.54, 1.807) is 26.0 Å². The molecule has 4 nitrogen and oxygen atoms in total. The average molecular weight is 303 g/mol. The molecule has 0 heterocycles. The van der Waals surface area contributed by atoms with Crippen molar-refractivity contribution < 1.29 is 19.0 Å². The summed E-state index contributed by atoms with van der Waals surface area (Å²) >= 11 is 3.33. The largest absolute Gasteiger partial charge is 0.495 e. The standard InChI is InChI=1S/C12H15BrO4/c1-7(2)17-12(14)8-5-9(15-3)11(13)10(6-8)16-4/h5-7H,1-4H3. The summed E-state index contributed by atoms with van der Waals surface area (Å²) in [5.41, 5.74) is 0.399. The van der Waals surface area contributed by atoms with Crippen molar-refractivity contribution in [3.63, 3.8) is 0 Å². The first-order chi connectivity index (χ1) is 7.99. The molecule has 1 rings (SSSR count). The van der Waals surface area contributed by atoms with Crippen molar-refractivity contribution in [1.82, 2.24) is 0 Å². The molecule has 94 valence electrons. The Hall–Kier alpha value is -1.23. The van der Waals surface area contributed by atoms with Crippen molar-refractivity contribution in [2.24, 2.45) is 0 Å². The van der Waals surface area contributed by atoms with Gasteiger partial charge in [-0.3, -0.25) is 0 Å². The maximum Gasteiger partial charge on any atom is 0.338 e. The van der Waals surface area contributed by atoms with Crippen LogP contribution in [0.3, 0.4) is 0 Å². The molecule has 0 saturated carbocycles. The second-order valence-corrected chi connectivity index (χ2v) is 4.44. The maximum atomic E-state index is 11.8. The molecule has 5 heteroatoms. The molecule has 0 N–H and O–H groups in total. The van der Waals surface area contributed by atoms with E-state index in [0.29, 0.717) is 21.5 Å². The van der Waals surface area contributed by atoms with Crippen LogP contribution in [0.4, 0.5) is 0 Å². The molecular formula is C12H15BrO4. The predicted octanol–water partition coefficient (Wildman–Crippen LogP) is 3.03. The summed E-state index contributed by atoms with van der Waals surface area (Å²) in [6.07, 6.45) is -0.164. The highest BCUT2D eigenvalue weighted by Crippen LogP contribution is 2.35. The van der Waals surface area contributed by atoms with Gasteiger partial charge in [-0.05, 0) is 41.9 Å². The van der Waals surface area contributed by atoms with Crippen molar-refractivity contribution in [1.29, 1.82) is 0 Å². The lowest BCUT2D eigenvalue weighted by atomic mass is 10.2. The molecule has 0 aliphatic carbocycles. The summed E-state index contributed by atoms with van der Waals surface area (Å²) in [6.45, 7) is 3.59. The van der Waals surface area contributed by atoms with E-state index in [4.69, 9.17) is 14.2 Å². The number of ether oxygens (including phenoxy) is 3. The molecule has 0 aromatic heterocycles. The molecule has 0 fully saturated rings. The van der Waals surface area contributed by atoms with Crippen LogP contribution in [0.1, 0.15) is 24.2 Å². The van der Waals surface area contributed by atoms with E-state index in [-0.39, 0.29) is 6.10 Å². The van der Waals surface area contributed by atoms with Gasteiger partial charge in [-0.15, -0.1) is 0 Å². The van der Waals surface area contributed by atoms with Crippen LogP contribution in [-0.4, -0.2) is 26.3 Å². The highest BCUT2D eigenvalue weighted by Gasteiger charge is 2.16. The Morgan fingerprint density at radius 3 is 2.00 bits per heavy atom. The van der Waals surface area contributed by atoms with E-state index in [9.17, 15) is 4.79 Å². The van der Waals surface area contributed by atoms with E-state index in [2.05, 4.69) is 15.9 Å². The number of hydrogen-bond donors (Lipinski definition) is 0. The monoisotopic (exact) mass is 302 g/mol. The minimum Gasteiger partial charge on any atom is -0.495 e. The van der Waals surface area contributed by atoms with Gasteiger partial charge in [0.2, 0.25) is 0 Å². The van der Waals surface area contributed by atoms with Gasteiger partial charge < -0.3 is 14.2 Å². The van der Waals surface area contributed by atoms with E-state index in [1.807, 2.05) is 0 Å². The molecule has 0 spiro atoms. The van der Waals surface area contributed by atoms with Crippen molar-refractivity contribution >= 4 is 21.9 Å². The molecule has 0 atom stereocenters. The highest BCUT2D eigenvalue weighted by atomic mass is 79.9. The molecule has 0 saturated heterocycles. The Morgan fingerprint density at radius 1 is 1.18 bits per heavy atom. The van der Waals surface area contributed by atoms with Crippen LogP contribution in [0.25, 0.3) is 0 Å². The average Bonchev–Trinajstić information content (AvgIpc) is 2.28. The Bertz CT molecular complexity index is 390. The lowest BCUT2D eigenvalue weighted by Crippen LogP contribution is -2.12. The molecule has 0 amide bonds. The summed E-state index contributed by atoms with van der Waals surface area (Å²) < 4.78 is 16.1. The third kappa shape index (κ3) is 3.36. The Morgan fingerprint density at radius 2 is 1.65 bits per heavy atom. The smallest absolute Gasteiger partial charge is 0.338 e. The highest BCUT2D eigenvalue weighted by molar-refractivity contribution is 9.10. The Labute approximate surface area is 109 Å². The van der Waals surface area contributed by atoms with Gasteiger partial charge in [0.05, 0.1) is 25.9 Å². The van der Waals surface area contributed by atoms with Crippen molar-refractivity contribution in [2.45, 2.75) is 20.0 Å². The van der Waals surface area contributed by atoms with E-state index in [0.717, 1.165) is 0 Å². The minimum absolute atomic E-state index is 0.164. The van der Waals surface area contributed by atoms with Crippen LogP contribution < -0.4 is 9.47 Å². The minimum atomic E-state index is -0.399. The van der Waals surface area contributed by atoms with Crippen LogP contribution in [0.5, 0.6) is 11.5 Å². The van der Waals surface area contributed by atoms with Gasteiger partial charge >= 0.3 is 5.97 Å². The summed E-state index contributed by atoms with van der Waals surface area (Å²) in [4.78, 5) is 11.8. The lowest BCUT2D eigenvalue weighted by Gasteiger charge is -2.12. The zero-order valence-corrected chi connectivity index (χ0v) is 11.8. The zero-order chi connectivity index (χ0) is 13.0. The molecule has 1 aromatic rings. The third-order valence-electron chi connectivity index (χ3n) is 2.02. The number of rotatable bonds is 4. The fraction of sp³-hybridized carbons (Fsp3) is 0.417. The summed E-state index contributed by atoms with van der Waals surface area (Å²) in [5.74, 6) is 0.657. The van der Waals surface area contributed by atoms with Crippen LogP contribution in [-0.2, 0) is 4.74 Å². The van der Waals surface area contributed by atoms with Crippen LogP contribution >= 0.6 is 15.9 Å². The Kier molecular flexibility index (Phi) is 4.81. The molecule has 0 unspecified atom stereocenters. The topological polar surface area (TPSA) is 44.8 Å². The van der Waals surface area contributed by atoms with Gasteiger partial charge in [-0.1, -0.05) is 0 Å². The first kappa shape index (κ1) is 13.8. The van der Waals surface area contributed by atoms with Gasteiger partial charge in [0, 0.05) is 0 Å². The van der Waals surface area contributed by atoms with E-state index < -0.39 is 5.97 Å². The van der Waals surface area contributed by atoms with E-state index >= 15 is 0 Å². The van der Waals surface area contributed by atoms with Gasteiger partial charge in [0.15, 0.2) is 0 Å². The number of hydrogen-bond acceptors (Lipinski definition) is 4. The molecule has 0 radical (unpaired) electrons. The summed E-state index contributed by atoms with van der Waals surface area (Å²) in [7, 11) is 3.05. The fourth-order valence-electron chi connectivity index (χ4n) is 1.27. The molecule has 17 heavy (non-hydrogen) atoms. The second-order valence-electron chi connectivity index (χ2n) is 3.65. The number of carbonyl (C=O) groups excluding carboxylic acids is 1. The fourth-order valence-corrected chi connectivity index (χ4v) is 1.82. The van der Waals surface area contributed by atoms with Gasteiger partial charge in [-0.2, -0.15) is 0 Å². The molecule has 0 aliphatic rings. The van der Waals surface area contributed by atoms with Crippen molar-refractivity contribution in [3.8, 4) is 11.5 Å². The third-order valence-corrected chi connectivity index (χ3v) is 2.81. The molecule has 1 aromatic carbocycles. The maximum absolute atomic E-state index is 11.8. The number of esters is 1. The molecule has 0 bridgehead atoms. The van der Waals surface area contributed by atoms with Crippen molar-refractivity contribution in [3.05, 3.63) is 22.2 Å². The lowest BCUT2D eigenvalue weighted by molar-refractivity contribution is 0.0377. The quantitative estimate of drug-likeness (QED) is 0.802. The first-order valence-corrected chi connectivity index (χ1v) is 5.91. The van der Waals surface area contributed by atoms with Gasteiger partial charge in [0.1, 0.15) is 16.0 Å². The first-order valence-electron chi connectivity index (χ1n) is 5.12. The van der Waals surface area contributed by atoms with E-state index in [1.165, 1.54) is 14.2 Å². The van der Waals surface area contributed by atoms with Crippen molar-refractivity contribution in [2.75, 3.05) is 14.2 Å². The number of methoxy groups -OCH3 is 2. The normalized spacial score (nSPS) is 10.2. The molecule has 0 aliphatic heterocycles. The number of benzene rings is 1. The Balaban J connectivity index is 3.12. The van der Waals surface area contributed by atoms with Crippen LogP contribution in [0.2, 0.25) is 0 Å². The SMILES string of the molecule is COc1cc(C(=O)OC(C)C)cc(OC)c1Br. The second kappa shape index (κ2) is 5.91.